The van der Waals surface area contributed by atoms with Crippen LogP contribution in [0.2, 0.25) is 0 Å². The number of nitrogens with one attached hydrogen (secondary N) is 1. The molecular formula is C29H40N6O. The Balaban J connectivity index is 1.35. The maximum atomic E-state index is 12.4. The van der Waals surface area contributed by atoms with Crippen LogP contribution in [-0.2, 0) is 5.54 Å². The first-order valence-corrected chi connectivity index (χ1v) is 13.4. The van der Waals surface area contributed by atoms with E-state index in [0.717, 1.165) is 18.6 Å². The lowest BCUT2D eigenvalue weighted by atomic mass is 9.87. The highest BCUT2D eigenvalue weighted by Gasteiger charge is 2.39. The van der Waals surface area contributed by atoms with Crippen molar-refractivity contribution in [2.45, 2.75) is 65.1 Å². The van der Waals surface area contributed by atoms with Crippen LogP contribution < -0.4 is 10.2 Å². The number of amides is 2. The van der Waals surface area contributed by atoms with Gasteiger partial charge in [0.25, 0.3) is 0 Å². The molecule has 1 aromatic carbocycles. The minimum absolute atomic E-state index is 0.0286. The molecular weight excluding hydrogens is 448 g/mol. The van der Waals surface area contributed by atoms with Crippen molar-refractivity contribution in [3.8, 4) is 11.1 Å². The molecule has 2 aliphatic heterocycles. The first-order chi connectivity index (χ1) is 17.3. The van der Waals surface area contributed by atoms with Gasteiger partial charge in [0.05, 0.1) is 11.2 Å². The molecule has 5 rings (SSSR count). The van der Waals surface area contributed by atoms with Crippen LogP contribution in [0.1, 0.15) is 53.0 Å². The molecule has 0 spiro atoms. The van der Waals surface area contributed by atoms with Gasteiger partial charge in [0, 0.05) is 61.8 Å². The maximum absolute atomic E-state index is 12.4. The number of benzene rings is 1. The molecule has 0 radical (unpaired) electrons. The fourth-order valence-corrected chi connectivity index (χ4v) is 6.06. The Bertz CT molecular complexity index is 1210. The van der Waals surface area contributed by atoms with E-state index < -0.39 is 0 Å². The number of nitrogens with zero attached hydrogens (tertiary/aromatic N) is 5. The van der Waals surface area contributed by atoms with E-state index in [1.807, 2.05) is 29.5 Å². The van der Waals surface area contributed by atoms with Crippen molar-refractivity contribution < 1.29 is 4.79 Å². The van der Waals surface area contributed by atoms with Gasteiger partial charge in [0.1, 0.15) is 0 Å². The molecule has 2 aromatic heterocycles. The second kappa shape index (κ2) is 9.77. The van der Waals surface area contributed by atoms with Crippen LogP contribution in [0.25, 0.3) is 16.6 Å². The summed E-state index contributed by atoms with van der Waals surface area (Å²) in [5, 5.41) is 7.59. The van der Waals surface area contributed by atoms with Crippen molar-refractivity contribution in [2.75, 3.05) is 37.6 Å². The van der Waals surface area contributed by atoms with Gasteiger partial charge in [0.2, 0.25) is 0 Å². The first-order valence-electron chi connectivity index (χ1n) is 13.4. The molecule has 2 aliphatic rings. The highest BCUT2D eigenvalue weighted by Crippen LogP contribution is 2.40. The zero-order valence-electron chi connectivity index (χ0n) is 22.4. The second-order valence-corrected chi connectivity index (χ2v) is 11.1. The van der Waals surface area contributed by atoms with Crippen LogP contribution in [0, 0.1) is 0 Å². The average molecular weight is 489 g/mol. The quantitative estimate of drug-likeness (QED) is 0.552. The van der Waals surface area contributed by atoms with Crippen molar-refractivity contribution in [3.63, 3.8) is 0 Å². The van der Waals surface area contributed by atoms with Gasteiger partial charge in [-0.1, -0.05) is 24.3 Å². The number of urea groups is 1. The van der Waals surface area contributed by atoms with Crippen LogP contribution in [0.5, 0.6) is 0 Å². The van der Waals surface area contributed by atoms with Gasteiger partial charge >= 0.3 is 6.03 Å². The van der Waals surface area contributed by atoms with Crippen molar-refractivity contribution in [1.82, 2.24) is 24.7 Å². The zero-order valence-corrected chi connectivity index (χ0v) is 22.4. The van der Waals surface area contributed by atoms with Crippen LogP contribution >= 0.6 is 0 Å². The third-order valence-electron chi connectivity index (χ3n) is 7.97. The Kier molecular flexibility index (Phi) is 6.68. The maximum Gasteiger partial charge on any atom is 0.317 e. The lowest BCUT2D eigenvalue weighted by molar-refractivity contribution is 0.117. The summed E-state index contributed by atoms with van der Waals surface area (Å²) in [6.45, 7) is 15.2. The molecule has 3 aromatic rings. The van der Waals surface area contributed by atoms with Crippen LogP contribution in [0.4, 0.5) is 10.5 Å². The summed E-state index contributed by atoms with van der Waals surface area (Å²) in [7, 11) is 0. The van der Waals surface area contributed by atoms with E-state index in [4.69, 9.17) is 0 Å². The highest BCUT2D eigenvalue weighted by atomic mass is 16.2. The molecule has 4 heterocycles. The zero-order chi connectivity index (χ0) is 25.4. The first kappa shape index (κ1) is 24.6. The van der Waals surface area contributed by atoms with Gasteiger partial charge in [-0.3, -0.25) is 4.90 Å². The largest absolute Gasteiger partial charge is 0.366 e. The van der Waals surface area contributed by atoms with E-state index in [9.17, 15) is 4.79 Å². The Morgan fingerprint density at radius 3 is 2.36 bits per heavy atom. The van der Waals surface area contributed by atoms with E-state index in [2.05, 4.69) is 83.6 Å². The molecule has 0 bridgehead atoms. The molecule has 7 heteroatoms. The van der Waals surface area contributed by atoms with Crippen LogP contribution in [0.3, 0.4) is 0 Å². The van der Waals surface area contributed by atoms with Gasteiger partial charge in [-0.25, -0.2) is 9.31 Å². The smallest absolute Gasteiger partial charge is 0.317 e. The van der Waals surface area contributed by atoms with Crippen molar-refractivity contribution in [2.24, 2.45) is 0 Å². The molecule has 36 heavy (non-hydrogen) atoms. The summed E-state index contributed by atoms with van der Waals surface area (Å²) in [6.07, 6.45) is 6.46. The topological polar surface area (TPSA) is 56.1 Å². The predicted molar refractivity (Wildman–Crippen MR) is 147 cm³/mol. The van der Waals surface area contributed by atoms with Gasteiger partial charge in [-0.2, -0.15) is 5.10 Å². The summed E-state index contributed by atoms with van der Waals surface area (Å²) in [4.78, 5) is 19.3. The normalized spacial score (nSPS) is 21.2. The molecule has 0 unspecified atom stereocenters. The Hall–Kier alpha value is -3.06. The summed E-state index contributed by atoms with van der Waals surface area (Å²) in [5.74, 6) is 0. The lowest BCUT2D eigenvalue weighted by Gasteiger charge is -2.38. The number of hydrogen-bond acceptors (Lipinski definition) is 4. The van der Waals surface area contributed by atoms with Crippen LogP contribution in [0.15, 0.2) is 48.8 Å². The SMILES string of the molecule is CC(C)NC(=O)N1CCN(c2ccnn3cc(-c4ccc([C@@]5(C)CCCN5C(C)C)cc4)cc23)CC1. The molecule has 2 fully saturated rings. The molecule has 0 aliphatic carbocycles. The second-order valence-electron chi connectivity index (χ2n) is 11.1. The predicted octanol–water partition coefficient (Wildman–Crippen LogP) is 4.96. The molecule has 2 amide bonds. The number of carbonyl (C=O) groups excluding carboxylic acids is 1. The monoisotopic (exact) mass is 488 g/mol. The molecule has 7 nitrogen and oxygen atoms in total. The average Bonchev–Trinajstić information content (AvgIpc) is 3.48. The van der Waals surface area contributed by atoms with E-state index >= 15 is 0 Å². The summed E-state index contributed by atoms with van der Waals surface area (Å²) < 4.78 is 1.98. The number of anilines is 1. The fraction of sp³-hybridized carbons (Fsp3) is 0.517. The molecule has 0 saturated carbocycles. The van der Waals surface area contributed by atoms with Gasteiger partial charge in [-0.05, 0) is 77.3 Å². The third-order valence-corrected chi connectivity index (χ3v) is 7.97. The Morgan fingerprint density at radius 1 is 0.972 bits per heavy atom. The third kappa shape index (κ3) is 4.57. The van der Waals surface area contributed by atoms with E-state index in [0.29, 0.717) is 19.1 Å². The van der Waals surface area contributed by atoms with Crippen LogP contribution in [-0.4, -0.2) is 70.3 Å². The van der Waals surface area contributed by atoms with E-state index in [1.54, 1.807) is 0 Å². The summed E-state index contributed by atoms with van der Waals surface area (Å²) >= 11 is 0. The number of piperazine rings is 1. The minimum atomic E-state index is 0.0286. The van der Waals surface area contributed by atoms with Crippen molar-refractivity contribution in [3.05, 3.63) is 54.4 Å². The van der Waals surface area contributed by atoms with Gasteiger partial charge in [0.15, 0.2) is 0 Å². The number of carbonyl (C=O) groups is 1. The van der Waals surface area contributed by atoms with Crippen molar-refractivity contribution in [1.29, 1.82) is 0 Å². The van der Waals surface area contributed by atoms with Gasteiger partial charge < -0.3 is 15.1 Å². The molecule has 1 atom stereocenters. The highest BCUT2D eigenvalue weighted by molar-refractivity contribution is 5.80. The number of aromatic nitrogens is 2. The molecule has 1 N–H and O–H groups in total. The molecule has 2 saturated heterocycles. The number of fused-ring (bicyclic) bond motifs is 1. The number of likely N-dealkylation sites (tertiary alicyclic amines) is 1. The lowest BCUT2D eigenvalue weighted by Crippen LogP contribution is -2.53. The standard InChI is InChI=1S/C29H40N6O/c1-21(2)31-28(36)33-17-15-32(16-18-33)26-11-13-30-35-20-24(19-27(26)35)23-7-9-25(10-8-23)29(5)12-6-14-34(29)22(3)4/h7-11,13,19-22H,6,12,14-18H2,1-5H3,(H,31,36)/t29-/m1/s1. The van der Waals surface area contributed by atoms with Crippen molar-refractivity contribution >= 4 is 17.2 Å². The fourth-order valence-electron chi connectivity index (χ4n) is 6.06. The van der Waals surface area contributed by atoms with E-state index in [1.165, 1.54) is 41.8 Å². The van der Waals surface area contributed by atoms with Gasteiger partial charge in [-0.15, -0.1) is 0 Å². The number of rotatable bonds is 5. The molecule has 192 valence electrons. The Morgan fingerprint density at radius 2 is 1.69 bits per heavy atom. The number of hydrogen-bond donors (Lipinski definition) is 1. The Labute approximate surface area is 215 Å². The minimum Gasteiger partial charge on any atom is -0.366 e. The van der Waals surface area contributed by atoms with E-state index in [-0.39, 0.29) is 17.6 Å². The summed E-state index contributed by atoms with van der Waals surface area (Å²) in [6, 6.07) is 14.2. The summed E-state index contributed by atoms with van der Waals surface area (Å²) in [5.41, 5.74) is 6.17.